The third-order valence-electron chi connectivity index (χ3n) is 2.30. The van der Waals surface area contributed by atoms with Crippen molar-refractivity contribution in [2.45, 2.75) is 24.8 Å². The average Bonchev–Trinajstić information content (AvgIpc) is 2.86. The SMILES string of the molecule is Cc1ccc(C(C)NS(=O)(=O)c2cn[nH]c2)s1. The largest absolute Gasteiger partial charge is 0.284 e. The monoisotopic (exact) mass is 271 g/mol. The van der Waals surface area contributed by atoms with Gasteiger partial charge in [-0.05, 0) is 26.0 Å². The van der Waals surface area contributed by atoms with Crippen molar-refractivity contribution in [3.63, 3.8) is 0 Å². The Morgan fingerprint density at radius 2 is 2.24 bits per heavy atom. The van der Waals surface area contributed by atoms with Gasteiger partial charge in [-0.25, -0.2) is 13.1 Å². The summed E-state index contributed by atoms with van der Waals surface area (Å²) in [6.45, 7) is 3.81. The van der Waals surface area contributed by atoms with Crippen molar-refractivity contribution < 1.29 is 8.42 Å². The maximum atomic E-state index is 11.9. The lowest BCUT2D eigenvalue weighted by molar-refractivity contribution is 0.568. The second-order valence-corrected chi connectivity index (χ2v) is 6.76. The highest BCUT2D eigenvalue weighted by Gasteiger charge is 2.19. The van der Waals surface area contributed by atoms with Gasteiger partial charge < -0.3 is 0 Å². The summed E-state index contributed by atoms with van der Waals surface area (Å²) in [5.74, 6) is 0. The fourth-order valence-corrected chi connectivity index (χ4v) is 3.51. The third kappa shape index (κ3) is 2.74. The first kappa shape index (κ1) is 12.3. The zero-order valence-electron chi connectivity index (χ0n) is 9.47. The summed E-state index contributed by atoms with van der Waals surface area (Å²) in [7, 11) is -3.49. The number of hydrogen-bond acceptors (Lipinski definition) is 4. The molecule has 17 heavy (non-hydrogen) atoms. The van der Waals surface area contributed by atoms with E-state index in [1.54, 1.807) is 11.3 Å². The van der Waals surface area contributed by atoms with Gasteiger partial charge in [0.15, 0.2) is 0 Å². The van der Waals surface area contributed by atoms with E-state index in [2.05, 4.69) is 14.9 Å². The van der Waals surface area contributed by atoms with Crippen LogP contribution in [-0.2, 0) is 10.0 Å². The second kappa shape index (κ2) is 4.59. The number of nitrogens with zero attached hydrogens (tertiary/aromatic N) is 1. The van der Waals surface area contributed by atoms with Crippen molar-refractivity contribution in [3.05, 3.63) is 34.3 Å². The minimum Gasteiger partial charge on any atom is -0.284 e. The second-order valence-electron chi connectivity index (χ2n) is 3.73. The number of aromatic amines is 1. The predicted octanol–water partition coefficient (Wildman–Crippen LogP) is 1.82. The summed E-state index contributed by atoms with van der Waals surface area (Å²) < 4.78 is 26.4. The number of hydrogen-bond donors (Lipinski definition) is 2. The standard InChI is InChI=1S/C10H13N3O2S2/c1-7-3-4-10(16-7)8(2)13-17(14,15)9-5-11-12-6-9/h3-6,8,13H,1-2H3,(H,11,12). The van der Waals surface area contributed by atoms with Gasteiger partial charge >= 0.3 is 0 Å². The van der Waals surface area contributed by atoms with Gasteiger partial charge in [-0.3, -0.25) is 5.10 Å². The molecule has 2 N–H and O–H groups in total. The lowest BCUT2D eigenvalue weighted by Gasteiger charge is -2.11. The van der Waals surface area contributed by atoms with Gasteiger partial charge in [0.2, 0.25) is 10.0 Å². The Morgan fingerprint density at radius 3 is 2.76 bits per heavy atom. The first-order chi connectivity index (χ1) is 7.99. The first-order valence-electron chi connectivity index (χ1n) is 5.06. The molecule has 0 bridgehead atoms. The number of aromatic nitrogens is 2. The summed E-state index contributed by atoms with van der Waals surface area (Å²) >= 11 is 1.58. The van der Waals surface area contributed by atoms with Crippen LogP contribution in [0.1, 0.15) is 22.7 Å². The number of rotatable bonds is 4. The molecule has 0 aromatic carbocycles. The van der Waals surface area contributed by atoms with E-state index in [0.717, 1.165) is 9.75 Å². The average molecular weight is 271 g/mol. The summed E-state index contributed by atoms with van der Waals surface area (Å²) in [6, 6.07) is 3.67. The van der Waals surface area contributed by atoms with Crippen LogP contribution in [0.25, 0.3) is 0 Å². The van der Waals surface area contributed by atoms with Crippen molar-refractivity contribution >= 4 is 21.4 Å². The molecule has 0 aliphatic rings. The molecule has 0 radical (unpaired) electrons. The van der Waals surface area contributed by atoms with Gasteiger partial charge in [-0.1, -0.05) is 0 Å². The van der Waals surface area contributed by atoms with Crippen LogP contribution in [0.2, 0.25) is 0 Å². The Morgan fingerprint density at radius 1 is 1.47 bits per heavy atom. The summed E-state index contributed by atoms with van der Waals surface area (Å²) in [5.41, 5.74) is 0. The number of H-pyrrole nitrogens is 1. The van der Waals surface area contributed by atoms with Gasteiger partial charge in [-0.2, -0.15) is 5.10 Å². The van der Waals surface area contributed by atoms with Gasteiger partial charge in [0.1, 0.15) is 4.90 Å². The van der Waals surface area contributed by atoms with E-state index >= 15 is 0 Å². The zero-order valence-corrected chi connectivity index (χ0v) is 11.1. The highest BCUT2D eigenvalue weighted by atomic mass is 32.2. The van der Waals surface area contributed by atoms with Gasteiger partial charge in [0.25, 0.3) is 0 Å². The van der Waals surface area contributed by atoms with E-state index in [1.165, 1.54) is 12.4 Å². The van der Waals surface area contributed by atoms with Gasteiger partial charge in [0.05, 0.1) is 12.2 Å². The van der Waals surface area contributed by atoms with E-state index in [9.17, 15) is 8.42 Å². The van der Waals surface area contributed by atoms with Crippen molar-refractivity contribution in [2.24, 2.45) is 0 Å². The van der Waals surface area contributed by atoms with Crippen LogP contribution in [-0.4, -0.2) is 18.6 Å². The summed E-state index contributed by atoms with van der Waals surface area (Å²) in [6.07, 6.45) is 2.64. The molecule has 5 nitrogen and oxygen atoms in total. The Labute approximate surface area is 104 Å². The lowest BCUT2D eigenvalue weighted by Crippen LogP contribution is -2.26. The molecule has 2 aromatic rings. The quantitative estimate of drug-likeness (QED) is 0.890. The van der Waals surface area contributed by atoms with Gasteiger partial charge in [-0.15, -0.1) is 11.3 Å². The number of aryl methyl sites for hydroxylation is 1. The number of sulfonamides is 1. The third-order valence-corrected chi connectivity index (χ3v) is 4.99. The molecule has 0 amide bonds. The van der Waals surface area contributed by atoms with E-state index in [-0.39, 0.29) is 10.9 Å². The molecule has 0 fully saturated rings. The topological polar surface area (TPSA) is 74.8 Å². The normalized spacial score (nSPS) is 13.8. The van der Waals surface area contributed by atoms with Crippen LogP contribution in [0.3, 0.4) is 0 Å². The highest BCUT2D eigenvalue weighted by molar-refractivity contribution is 7.89. The van der Waals surface area contributed by atoms with Crippen molar-refractivity contribution in [1.82, 2.24) is 14.9 Å². The molecule has 0 saturated heterocycles. The molecule has 0 aliphatic heterocycles. The Bertz CT molecular complexity index is 587. The fourth-order valence-electron chi connectivity index (χ4n) is 1.43. The Hall–Kier alpha value is -1.18. The van der Waals surface area contributed by atoms with E-state index < -0.39 is 10.0 Å². The molecule has 92 valence electrons. The van der Waals surface area contributed by atoms with Crippen LogP contribution < -0.4 is 4.72 Å². The molecule has 7 heteroatoms. The van der Waals surface area contributed by atoms with Gasteiger partial charge in [0, 0.05) is 16.0 Å². The lowest BCUT2D eigenvalue weighted by atomic mass is 10.3. The van der Waals surface area contributed by atoms with E-state index in [1.807, 2.05) is 26.0 Å². The summed E-state index contributed by atoms with van der Waals surface area (Å²) in [5, 5.41) is 6.12. The van der Waals surface area contributed by atoms with Crippen molar-refractivity contribution in [2.75, 3.05) is 0 Å². The van der Waals surface area contributed by atoms with Crippen molar-refractivity contribution in [3.8, 4) is 0 Å². The smallest absolute Gasteiger partial charge is 0.244 e. The molecule has 1 unspecified atom stereocenters. The molecule has 1 atom stereocenters. The van der Waals surface area contributed by atoms with Crippen LogP contribution in [0.4, 0.5) is 0 Å². The van der Waals surface area contributed by atoms with Crippen LogP contribution >= 0.6 is 11.3 Å². The predicted molar refractivity (Wildman–Crippen MR) is 66.4 cm³/mol. The maximum Gasteiger partial charge on any atom is 0.244 e. The Balaban J connectivity index is 2.17. The number of thiophene rings is 1. The molecule has 2 rings (SSSR count). The number of nitrogens with one attached hydrogen (secondary N) is 2. The fraction of sp³-hybridized carbons (Fsp3) is 0.300. The minimum absolute atomic E-state index is 0.151. The Kier molecular flexibility index (Phi) is 3.32. The molecular weight excluding hydrogens is 258 g/mol. The molecule has 0 saturated carbocycles. The van der Waals surface area contributed by atoms with Crippen molar-refractivity contribution in [1.29, 1.82) is 0 Å². The molecule has 0 spiro atoms. The molecular formula is C10H13N3O2S2. The van der Waals surface area contributed by atoms with E-state index in [0.29, 0.717) is 0 Å². The zero-order chi connectivity index (χ0) is 12.5. The summed E-state index contributed by atoms with van der Waals surface area (Å²) in [4.78, 5) is 2.31. The molecule has 0 aliphatic carbocycles. The van der Waals surface area contributed by atoms with Crippen LogP contribution in [0.15, 0.2) is 29.4 Å². The molecule has 2 aromatic heterocycles. The van der Waals surface area contributed by atoms with Crippen LogP contribution in [0.5, 0.6) is 0 Å². The van der Waals surface area contributed by atoms with E-state index in [4.69, 9.17) is 0 Å². The first-order valence-corrected chi connectivity index (χ1v) is 7.36. The highest BCUT2D eigenvalue weighted by Crippen LogP contribution is 2.23. The maximum absolute atomic E-state index is 11.9. The molecule has 2 heterocycles. The van der Waals surface area contributed by atoms with Crippen LogP contribution in [0, 0.1) is 6.92 Å². The minimum atomic E-state index is -3.49.